The number of alkyl halides is 3. The molecule has 0 bridgehead atoms. The van der Waals surface area contributed by atoms with Crippen molar-refractivity contribution in [2.24, 2.45) is 5.73 Å². The first-order valence-corrected chi connectivity index (χ1v) is 11.8. The van der Waals surface area contributed by atoms with Gasteiger partial charge in [-0.1, -0.05) is 17.3 Å². The Labute approximate surface area is 208 Å². The molecule has 0 saturated carbocycles. The molecule has 0 fully saturated rings. The fraction of sp³-hybridized carbons (Fsp3) is 0.200. The zero-order valence-corrected chi connectivity index (χ0v) is 20.0. The maximum atomic E-state index is 12.9. The zero-order chi connectivity index (χ0) is 25.9. The highest BCUT2D eigenvalue weighted by molar-refractivity contribution is 7.17. The van der Waals surface area contributed by atoms with Gasteiger partial charge in [-0.05, 0) is 67.9 Å². The lowest BCUT2D eigenvalue weighted by atomic mass is 10.1. The fourth-order valence-electron chi connectivity index (χ4n) is 3.45. The lowest BCUT2D eigenvalue weighted by molar-refractivity contribution is -0.137. The smallest absolute Gasteiger partial charge is 0.351 e. The summed E-state index contributed by atoms with van der Waals surface area (Å²) in [6.07, 6.45) is -2.16. The Morgan fingerprint density at radius 1 is 1.06 bits per heavy atom. The van der Waals surface area contributed by atoms with Crippen molar-refractivity contribution in [3.05, 3.63) is 76.8 Å². The van der Waals surface area contributed by atoms with Crippen LogP contribution in [0.25, 0.3) is 27.4 Å². The van der Waals surface area contributed by atoms with Crippen LogP contribution in [-0.4, -0.2) is 39.8 Å². The zero-order valence-electron chi connectivity index (χ0n) is 19.2. The molecule has 4 rings (SSSR count). The SMILES string of the molecule is CC(=O)c1cc(-c2ccc(C(=O)NCCCN)s2)cc(-n2cc(-c3ccc(C(F)(F)F)cc3)nn2)c1. The fourth-order valence-corrected chi connectivity index (χ4v) is 4.36. The molecule has 1 amide bonds. The molecular weight excluding hydrogens is 491 g/mol. The molecule has 0 aliphatic carbocycles. The third-order valence-corrected chi connectivity index (χ3v) is 6.50. The van der Waals surface area contributed by atoms with Gasteiger partial charge >= 0.3 is 6.18 Å². The van der Waals surface area contributed by atoms with Crippen molar-refractivity contribution in [3.8, 4) is 27.4 Å². The van der Waals surface area contributed by atoms with Crippen molar-refractivity contribution in [1.82, 2.24) is 20.3 Å². The third kappa shape index (κ3) is 5.69. The molecule has 0 spiro atoms. The van der Waals surface area contributed by atoms with E-state index in [-0.39, 0.29) is 11.7 Å². The van der Waals surface area contributed by atoms with Crippen molar-refractivity contribution in [2.45, 2.75) is 19.5 Å². The van der Waals surface area contributed by atoms with E-state index in [1.165, 1.54) is 35.1 Å². The van der Waals surface area contributed by atoms with Crippen LogP contribution in [0.1, 0.15) is 38.9 Å². The molecule has 0 atom stereocenters. The summed E-state index contributed by atoms with van der Waals surface area (Å²) in [7, 11) is 0. The molecule has 2 heterocycles. The van der Waals surface area contributed by atoms with Gasteiger partial charge in [0.1, 0.15) is 5.69 Å². The number of benzene rings is 2. The molecule has 2 aromatic heterocycles. The standard InChI is InChI=1S/C25H22F3N5O2S/c1-15(34)17-11-18(22-7-8-23(36-22)24(35)30-10-2-9-29)13-20(12-17)33-14-21(31-32-33)16-3-5-19(6-4-16)25(26,27)28/h3-8,11-14H,2,9-10,29H2,1H3,(H,30,35). The molecule has 0 aliphatic heterocycles. The maximum absolute atomic E-state index is 12.9. The number of hydrogen-bond donors (Lipinski definition) is 2. The summed E-state index contributed by atoms with van der Waals surface area (Å²) in [6.45, 7) is 2.42. The van der Waals surface area contributed by atoms with Crippen LogP contribution in [0.15, 0.2) is 60.8 Å². The van der Waals surface area contributed by atoms with Crippen molar-refractivity contribution in [1.29, 1.82) is 0 Å². The normalized spacial score (nSPS) is 11.5. The number of carbonyl (C=O) groups excluding carboxylic acids is 2. The number of rotatable bonds is 8. The topological polar surface area (TPSA) is 103 Å². The third-order valence-electron chi connectivity index (χ3n) is 5.37. The quantitative estimate of drug-likeness (QED) is 0.256. The number of carbonyl (C=O) groups is 2. The summed E-state index contributed by atoms with van der Waals surface area (Å²) in [6, 6.07) is 13.4. The van der Waals surface area contributed by atoms with E-state index in [1.54, 1.807) is 36.5 Å². The van der Waals surface area contributed by atoms with E-state index in [9.17, 15) is 22.8 Å². The van der Waals surface area contributed by atoms with E-state index in [0.717, 1.165) is 22.6 Å². The van der Waals surface area contributed by atoms with Gasteiger partial charge in [0.2, 0.25) is 0 Å². The number of aromatic nitrogens is 3. The number of Topliss-reactive ketones (excluding diaryl/α,β-unsaturated/α-hetero) is 1. The van der Waals surface area contributed by atoms with Crippen LogP contribution < -0.4 is 11.1 Å². The summed E-state index contributed by atoms with van der Waals surface area (Å²) in [5, 5.41) is 11.0. The minimum absolute atomic E-state index is 0.155. The van der Waals surface area contributed by atoms with Crippen LogP contribution >= 0.6 is 11.3 Å². The molecule has 11 heteroatoms. The molecular formula is C25H22F3N5O2S. The highest BCUT2D eigenvalue weighted by Gasteiger charge is 2.30. The van der Waals surface area contributed by atoms with Crippen LogP contribution in [0, 0.1) is 0 Å². The molecule has 186 valence electrons. The highest BCUT2D eigenvalue weighted by atomic mass is 32.1. The average Bonchev–Trinajstić information content (AvgIpc) is 3.54. The van der Waals surface area contributed by atoms with Crippen LogP contribution in [0.4, 0.5) is 13.2 Å². The van der Waals surface area contributed by atoms with Gasteiger partial charge in [-0.3, -0.25) is 9.59 Å². The number of nitrogens with zero attached hydrogens (tertiary/aromatic N) is 3. The molecule has 0 radical (unpaired) electrons. The summed E-state index contributed by atoms with van der Waals surface area (Å²) in [5.41, 5.74) is 7.27. The van der Waals surface area contributed by atoms with E-state index < -0.39 is 11.7 Å². The number of halogens is 3. The van der Waals surface area contributed by atoms with Crippen molar-refractivity contribution in [2.75, 3.05) is 13.1 Å². The Kier molecular flexibility index (Phi) is 7.32. The van der Waals surface area contributed by atoms with Crippen LogP contribution in [-0.2, 0) is 6.18 Å². The average molecular weight is 514 g/mol. The number of nitrogens with one attached hydrogen (secondary N) is 1. The Balaban J connectivity index is 1.63. The lowest BCUT2D eigenvalue weighted by Crippen LogP contribution is -2.25. The summed E-state index contributed by atoms with van der Waals surface area (Å²) >= 11 is 1.29. The van der Waals surface area contributed by atoms with Gasteiger partial charge in [0.15, 0.2) is 5.78 Å². The van der Waals surface area contributed by atoms with Crippen molar-refractivity contribution in [3.63, 3.8) is 0 Å². The molecule has 0 unspecified atom stereocenters. The van der Waals surface area contributed by atoms with Gasteiger partial charge in [0.05, 0.1) is 22.3 Å². The minimum Gasteiger partial charge on any atom is -0.351 e. The van der Waals surface area contributed by atoms with Crippen LogP contribution in [0.3, 0.4) is 0 Å². The van der Waals surface area contributed by atoms with E-state index in [0.29, 0.717) is 46.9 Å². The molecule has 2 aromatic carbocycles. The summed E-state index contributed by atoms with van der Waals surface area (Å²) < 4.78 is 40.0. The second-order valence-corrected chi connectivity index (χ2v) is 9.09. The van der Waals surface area contributed by atoms with E-state index in [1.807, 2.05) is 0 Å². The van der Waals surface area contributed by atoms with Crippen LogP contribution in [0.5, 0.6) is 0 Å². The molecule has 0 saturated heterocycles. The van der Waals surface area contributed by atoms with Gasteiger partial charge in [-0.25, -0.2) is 4.68 Å². The van der Waals surface area contributed by atoms with E-state index in [4.69, 9.17) is 5.73 Å². The number of thiophene rings is 1. The number of nitrogens with two attached hydrogens (primary N) is 1. The van der Waals surface area contributed by atoms with Crippen molar-refractivity contribution < 1.29 is 22.8 Å². The van der Waals surface area contributed by atoms with Crippen molar-refractivity contribution >= 4 is 23.0 Å². The predicted octanol–water partition coefficient (Wildman–Crippen LogP) is 4.96. The first-order valence-electron chi connectivity index (χ1n) is 11.0. The molecule has 4 aromatic rings. The Bertz CT molecular complexity index is 1390. The van der Waals surface area contributed by atoms with Gasteiger partial charge in [-0.2, -0.15) is 13.2 Å². The first kappa shape index (κ1) is 25.3. The van der Waals surface area contributed by atoms with Gasteiger partial charge in [-0.15, -0.1) is 16.4 Å². The van der Waals surface area contributed by atoms with Gasteiger partial charge in [0.25, 0.3) is 5.91 Å². The summed E-state index contributed by atoms with van der Waals surface area (Å²) in [4.78, 5) is 25.9. The Morgan fingerprint density at radius 2 is 1.81 bits per heavy atom. The maximum Gasteiger partial charge on any atom is 0.416 e. The second-order valence-electron chi connectivity index (χ2n) is 8.01. The minimum atomic E-state index is -4.42. The molecule has 0 aliphatic rings. The second kappa shape index (κ2) is 10.4. The van der Waals surface area contributed by atoms with E-state index >= 15 is 0 Å². The Morgan fingerprint density at radius 3 is 2.47 bits per heavy atom. The summed E-state index contributed by atoms with van der Waals surface area (Å²) in [5.74, 6) is -0.349. The van der Waals surface area contributed by atoms with Gasteiger partial charge in [0, 0.05) is 22.5 Å². The molecule has 3 N–H and O–H groups in total. The molecule has 36 heavy (non-hydrogen) atoms. The number of ketones is 1. The Hall–Kier alpha value is -3.83. The highest BCUT2D eigenvalue weighted by Crippen LogP contribution is 2.32. The van der Waals surface area contributed by atoms with Crippen LogP contribution in [0.2, 0.25) is 0 Å². The number of amides is 1. The lowest BCUT2D eigenvalue weighted by Gasteiger charge is -2.07. The van der Waals surface area contributed by atoms with E-state index in [2.05, 4.69) is 15.6 Å². The first-order chi connectivity index (χ1) is 17.2. The van der Waals surface area contributed by atoms with Gasteiger partial charge < -0.3 is 11.1 Å². The number of hydrogen-bond acceptors (Lipinski definition) is 6. The predicted molar refractivity (Wildman–Crippen MR) is 131 cm³/mol. The molecule has 7 nitrogen and oxygen atoms in total. The largest absolute Gasteiger partial charge is 0.416 e. The monoisotopic (exact) mass is 513 g/mol.